The van der Waals surface area contributed by atoms with Gasteiger partial charge in [-0.25, -0.2) is 8.42 Å². The van der Waals surface area contributed by atoms with Crippen LogP contribution in [-0.2, 0) is 14.8 Å². The number of hydrogen-bond donors (Lipinski definition) is 1. The molecule has 1 N–H and O–H groups in total. The number of sulfonamides is 1. The number of hydrogen-bond acceptors (Lipinski definition) is 5. The van der Waals surface area contributed by atoms with Crippen molar-refractivity contribution >= 4 is 50.2 Å². The molecule has 1 aromatic heterocycles. The molecule has 6 nitrogen and oxygen atoms in total. The number of carbonyl (C=O) groups excluding carboxylic acids is 1. The molecule has 1 amide bonds. The van der Waals surface area contributed by atoms with E-state index in [1.165, 1.54) is 12.1 Å². The molecule has 144 valence electrons. The number of carbonyl (C=O) groups is 1. The van der Waals surface area contributed by atoms with Crippen LogP contribution in [0.2, 0.25) is 4.34 Å². The van der Waals surface area contributed by atoms with Crippen LogP contribution in [0.5, 0.6) is 5.75 Å². The minimum atomic E-state index is -3.75. The molecule has 27 heavy (non-hydrogen) atoms. The van der Waals surface area contributed by atoms with E-state index in [1.807, 2.05) is 0 Å². The molecule has 1 aliphatic heterocycles. The van der Waals surface area contributed by atoms with Gasteiger partial charge in [0.1, 0.15) is 16.6 Å². The predicted molar refractivity (Wildman–Crippen MR) is 108 cm³/mol. The summed E-state index contributed by atoms with van der Waals surface area (Å²) in [5.74, 6) is 0.350. The highest BCUT2D eigenvalue weighted by molar-refractivity contribution is 7.94. The fourth-order valence-electron chi connectivity index (χ4n) is 2.67. The molecule has 0 atom stereocenters. The van der Waals surface area contributed by atoms with Gasteiger partial charge in [-0.15, -0.1) is 17.9 Å². The molecule has 0 bridgehead atoms. The molecule has 0 spiro atoms. The second-order valence-corrected chi connectivity index (χ2v) is 10.3. The van der Waals surface area contributed by atoms with Gasteiger partial charge in [-0.1, -0.05) is 17.7 Å². The van der Waals surface area contributed by atoms with Crippen LogP contribution < -0.4 is 14.4 Å². The number of benzene rings is 1. The minimum Gasteiger partial charge on any atom is -0.490 e. The van der Waals surface area contributed by atoms with E-state index in [9.17, 15) is 13.2 Å². The smallest absolute Gasteiger partial charge is 0.271 e. The van der Waals surface area contributed by atoms with Gasteiger partial charge in [0, 0.05) is 12.6 Å². The summed E-state index contributed by atoms with van der Waals surface area (Å²) < 4.78 is 33.8. The zero-order chi connectivity index (χ0) is 19.8. The van der Waals surface area contributed by atoms with Crippen LogP contribution in [0.25, 0.3) is 0 Å². The Morgan fingerprint density at radius 1 is 1.37 bits per heavy atom. The van der Waals surface area contributed by atoms with Crippen molar-refractivity contribution in [1.82, 2.24) is 0 Å². The van der Waals surface area contributed by atoms with Gasteiger partial charge in [0.05, 0.1) is 21.1 Å². The normalized spacial score (nSPS) is 16.3. The Balaban J connectivity index is 1.96. The van der Waals surface area contributed by atoms with Gasteiger partial charge < -0.3 is 9.64 Å². The first-order valence-corrected chi connectivity index (χ1v) is 10.8. The van der Waals surface area contributed by atoms with E-state index in [-0.39, 0.29) is 16.7 Å². The second-order valence-electron chi connectivity index (χ2n) is 6.72. The molecule has 0 radical (unpaired) electrons. The van der Waals surface area contributed by atoms with Crippen molar-refractivity contribution < 1.29 is 17.9 Å². The fraction of sp³-hybridized carbons (Fsp3) is 0.278. The van der Waals surface area contributed by atoms with E-state index in [0.717, 1.165) is 11.3 Å². The lowest BCUT2D eigenvalue weighted by Crippen LogP contribution is -2.42. The largest absolute Gasteiger partial charge is 0.490 e. The van der Waals surface area contributed by atoms with E-state index in [0.29, 0.717) is 28.0 Å². The summed E-state index contributed by atoms with van der Waals surface area (Å²) >= 11 is 6.80. The van der Waals surface area contributed by atoms with E-state index < -0.39 is 15.4 Å². The molecule has 0 unspecified atom stereocenters. The molecule has 0 saturated carbocycles. The maximum atomic E-state index is 12.8. The lowest BCUT2D eigenvalue weighted by Gasteiger charge is -2.27. The van der Waals surface area contributed by atoms with E-state index in [2.05, 4.69) is 11.3 Å². The lowest BCUT2D eigenvalue weighted by atomic mass is 9.93. The van der Waals surface area contributed by atoms with Gasteiger partial charge in [0.2, 0.25) is 5.91 Å². The number of fused-ring (bicyclic) bond motifs is 1. The molecule has 1 aliphatic rings. The highest BCUT2D eigenvalue weighted by atomic mass is 35.5. The highest BCUT2D eigenvalue weighted by Gasteiger charge is 2.37. The number of halogens is 1. The Morgan fingerprint density at radius 3 is 2.74 bits per heavy atom. The monoisotopic (exact) mass is 426 g/mol. The van der Waals surface area contributed by atoms with Gasteiger partial charge in [0.25, 0.3) is 10.0 Å². The number of rotatable bonds is 5. The molecule has 9 heteroatoms. The van der Waals surface area contributed by atoms with Gasteiger partial charge in [-0.3, -0.25) is 9.52 Å². The van der Waals surface area contributed by atoms with Gasteiger partial charge in [0.15, 0.2) is 0 Å². The number of nitrogens with zero attached hydrogens (tertiary/aromatic N) is 1. The summed E-state index contributed by atoms with van der Waals surface area (Å²) in [5, 5.41) is 0. The van der Waals surface area contributed by atoms with Gasteiger partial charge >= 0.3 is 0 Å². The molecule has 2 aromatic rings. The minimum absolute atomic E-state index is 0.0808. The summed E-state index contributed by atoms with van der Waals surface area (Å²) in [6.07, 6.45) is 1.64. The van der Waals surface area contributed by atoms with Gasteiger partial charge in [-0.2, -0.15) is 0 Å². The maximum Gasteiger partial charge on any atom is 0.271 e. The first kappa shape index (κ1) is 19.7. The number of thiophene rings is 1. The summed E-state index contributed by atoms with van der Waals surface area (Å²) in [6, 6.07) is 7.81. The van der Waals surface area contributed by atoms with Gasteiger partial charge in [-0.05, 0) is 38.1 Å². The van der Waals surface area contributed by atoms with Crippen LogP contribution in [0.15, 0.2) is 47.2 Å². The third-order valence-corrected chi connectivity index (χ3v) is 7.14. The number of anilines is 2. The second kappa shape index (κ2) is 7.18. The molecule has 2 heterocycles. The van der Waals surface area contributed by atoms with Crippen molar-refractivity contribution in [2.45, 2.75) is 18.1 Å². The van der Waals surface area contributed by atoms with E-state index in [4.69, 9.17) is 16.3 Å². The third kappa shape index (κ3) is 3.97. The average molecular weight is 427 g/mol. The van der Waals surface area contributed by atoms with Crippen molar-refractivity contribution in [1.29, 1.82) is 0 Å². The maximum absolute atomic E-state index is 12.8. The summed E-state index contributed by atoms with van der Waals surface area (Å²) in [6.45, 7) is 7.83. The topological polar surface area (TPSA) is 75.7 Å². The zero-order valence-electron chi connectivity index (χ0n) is 14.9. The van der Waals surface area contributed by atoms with Crippen LogP contribution >= 0.6 is 22.9 Å². The molecule has 3 rings (SSSR count). The summed E-state index contributed by atoms with van der Waals surface area (Å²) in [4.78, 5) is 14.4. The van der Waals surface area contributed by atoms with Crippen LogP contribution in [0.1, 0.15) is 13.8 Å². The third-order valence-electron chi connectivity index (χ3n) is 4.04. The molecule has 0 aliphatic carbocycles. The Hall–Kier alpha value is -2.03. The molecule has 0 fully saturated rings. The quantitative estimate of drug-likeness (QED) is 0.729. The fourth-order valence-corrected chi connectivity index (χ4v) is 5.20. The van der Waals surface area contributed by atoms with Crippen LogP contribution in [0.4, 0.5) is 11.4 Å². The van der Waals surface area contributed by atoms with Crippen molar-refractivity contribution in [2.24, 2.45) is 5.41 Å². The van der Waals surface area contributed by atoms with Crippen LogP contribution in [-0.4, -0.2) is 27.5 Å². The van der Waals surface area contributed by atoms with E-state index in [1.54, 1.807) is 43.0 Å². The number of ether oxygens (including phenoxy) is 1. The van der Waals surface area contributed by atoms with Crippen molar-refractivity contribution in [3.63, 3.8) is 0 Å². The summed E-state index contributed by atoms with van der Waals surface area (Å²) in [5.41, 5.74) is 0.201. The average Bonchev–Trinajstić information content (AvgIpc) is 3.02. The summed E-state index contributed by atoms with van der Waals surface area (Å²) in [7, 11) is -3.75. The zero-order valence-corrected chi connectivity index (χ0v) is 17.2. The molecular weight excluding hydrogens is 408 g/mol. The van der Waals surface area contributed by atoms with Crippen LogP contribution in [0.3, 0.4) is 0 Å². The predicted octanol–water partition coefficient (Wildman–Crippen LogP) is 4.14. The first-order chi connectivity index (χ1) is 12.6. The van der Waals surface area contributed by atoms with E-state index >= 15 is 0 Å². The van der Waals surface area contributed by atoms with Crippen LogP contribution in [0, 0.1) is 5.41 Å². The molecular formula is C18H19ClN2O4S2. The van der Waals surface area contributed by atoms with Crippen molar-refractivity contribution in [3.8, 4) is 5.75 Å². The number of nitrogens with one attached hydrogen (secondary N) is 1. The van der Waals surface area contributed by atoms with Crippen molar-refractivity contribution in [2.75, 3.05) is 22.8 Å². The molecule has 0 saturated heterocycles. The Bertz CT molecular complexity index is 999. The number of amides is 1. The Kier molecular flexibility index (Phi) is 5.24. The standard InChI is InChI=1S/C18H19ClN2O4S2/c1-4-9-21-13-6-5-12(10-14(13)25-11-18(2,3)17(21)22)20-27(23,24)16-8-7-15(19)26-16/h4-8,10,20H,1,9,11H2,2-3H3. The molecule has 1 aromatic carbocycles. The highest BCUT2D eigenvalue weighted by Crippen LogP contribution is 2.38. The lowest BCUT2D eigenvalue weighted by molar-refractivity contribution is -0.127. The Morgan fingerprint density at radius 2 is 2.11 bits per heavy atom. The van der Waals surface area contributed by atoms with Crippen molar-refractivity contribution in [3.05, 3.63) is 47.3 Å². The Labute approximate surface area is 167 Å². The SMILES string of the molecule is C=CCN1C(=O)C(C)(C)COc2cc(NS(=O)(=O)c3ccc(Cl)s3)ccc21. The first-order valence-electron chi connectivity index (χ1n) is 8.12.